The first-order valence-corrected chi connectivity index (χ1v) is 7.27. The van der Waals surface area contributed by atoms with Gasteiger partial charge in [0, 0.05) is 23.3 Å². The van der Waals surface area contributed by atoms with Crippen molar-refractivity contribution < 1.29 is 0 Å². The van der Waals surface area contributed by atoms with Gasteiger partial charge in [0.05, 0.1) is 5.52 Å². The number of nitrogens with zero attached hydrogens (tertiary/aromatic N) is 3. The second-order valence-corrected chi connectivity index (χ2v) is 4.84. The summed E-state index contributed by atoms with van der Waals surface area (Å²) in [5.74, 6) is 1.19. The predicted octanol–water partition coefficient (Wildman–Crippen LogP) is 3.96. The van der Waals surface area contributed by atoms with Crippen LogP contribution in [0.4, 0.5) is 5.82 Å². The summed E-state index contributed by atoms with van der Waals surface area (Å²) in [6.07, 6.45) is 3.50. The number of nitrogens with two attached hydrogens (primary N) is 1. The molecule has 2 aromatic carbocycles. The van der Waals surface area contributed by atoms with Crippen LogP contribution in [-0.4, -0.2) is 15.0 Å². The third-order valence-corrected chi connectivity index (χ3v) is 3.23. The zero-order valence-electron chi connectivity index (χ0n) is 12.5. The Hall–Kier alpha value is -3.27. The highest BCUT2D eigenvalue weighted by atomic mass is 14.9. The van der Waals surface area contributed by atoms with Crippen molar-refractivity contribution in [1.82, 2.24) is 15.0 Å². The summed E-state index contributed by atoms with van der Waals surface area (Å²) in [5, 5.41) is 0.896. The molecule has 0 amide bonds. The van der Waals surface area contributed by atoms with E-state index in [0.717, 1.165) is 16.5 Å². The molecule has 0 unspecified atom stereocenters. The molecule has 112 valence electrons. The van der Waals surface area contributed by atoms with Crippen molar-refractivity contribution in [2.24, 2.45) is 0 Å². The Bertz CT molecular complexity index is 850. The lowest BCUT2D eigenvalue weighted by Gasteiger charge is -2.04. The Morgan fingerprint density at radius 3 is 1.96 bits per heavy atom. The minimum absolute atomic E-state index is 0.523. The number of hydrogen-bond donors (Lipinski definition) is 1. The monoisotopic (exact) mass is 300 g/mol. The van der Waals surface area contributed by atoms with Gasteiger partial charge in [-0.05, 0) is 24.3 Å². The number of fused-ring (bicyclic) bond motifs is 1. The first kappa shape index (κ1) is 14.7. The number of aromatic nitrogens is 3. The number of benzene rings is 2. The summed E-state index contributed by atoms with van der Waals surface area (Å²) in [5.41, 5.74) is 7.79. The van der Waals surface area contributed by atoms with Gasteiger partial charge in [0.2, 0.25) is 0 Å². The Morgan fingerprint density at radius 2 is 1.30 bits per heavy atom. The van der Waals surface area contributed by atoms with Crippen molar-refractivity contribution in [3.8, 4) is 11.4 Å². The van der Waals surface area contributed by atoms with Crippen LogP contribution in [0.15, 0.2) is 85.2 Å². The van der Waals surface area contributed by atoms with Gasteiger partial charge in [-0.2, -0.15) is 0 Å². The Labute approximate surface area is 134 Å². The molecule has 0 aliphatic heterocycles. The molecule has 0 radical (unpaired) electrons. The molecular weight excluding hydrogens is 284 g/mol. The molecule has 0 saturated carbocycles. The Morgan fingerprint density at radius 1 is 0.652 bits per heavy atom. The molecule has 4 rings (SSSR count). The highest BCUT2D eigenvalue weighted by Gasteiger charge is 2.05. The van der Waals surface area contributed by atoms with E-state index in [1.807, 2.05) is 72.8 Å². The van der Waals surface area contributed by atoms with Gasteiger partial charge in [-0.1, -0.05) is 48.5 Å². The summed E-state index contributed by atoms with van der Waals surface area (Å²) in [4.78, 5) is 12.6. The predicted molar refractivity (Wildman–Crippen MR) is 93.6 cm³/mol. The van der Waals surface area contributed by atoms with E-state index in [1.54, 1.807) is 12.4 Å². The van der Waals surface area contributed by atoms with E-state index in [4.69, 9.17) is 5.73 Å². The summed E-state index contributed by atoms with van der Waals surface area (Å²) in [6.45, 7) is 0. The third kappa shape index (κ3) is 3.68. The fraction of sp³-hybridized carbons (Fsp3) is 0. The van der Waals surface area contributed by atoms with Gasteiger partial charge in [-0.3, -0.25) is 4.98 Å². The molecule has 2 N–H and O–H groups in total. The van der Waals surface area contributed by atoms with Crippen LogP contribution < -0.4 is 5.73 Å². The SMILES string of the molecule is Nc1nc(-c2ccccc2)nc2ccccc12.c1ccncc1. The molecule has 0 spiro atoms. The fourth-order valence-electron chi connectivity index (χ4n) is 2.13. The van der Waals surface area contributed by atoms with E-state index >= 15 is 0 Å². The molecule has 4 heteroatoms. The maximum atomic E-state index is 5.94. The van der Waals surface area contributed by atoms with Gasteiger partial charge >= 0.3 is 0 Å². The Balaban J connectivity index is 0.000000220. The standard InChI is InChI=1S/C14H11N3.C5H5N/c15-13-11-8-4-5-9-12(11)16-14(17-13)10-6-2-1-3-7-10;1-2-4-6-5-3-1/h1-9H,(H2,15,16,17);1-5H. The number of nitrogen functional groups attached to an aromatic ring is 1. The second kappa shape index (κ2) is 7.13. The van der Waals surface area contributed by atoms with Crippen LogP contribution in [0.2, 0.25) is 0 Å². The van der Waals surface area contributed by atoms with Gasteiger partial charge in [-0.25, -0.2) is 9.97 Å². The molecular formula is C19H16N4. The van der Waals surface area contributed by atoms with Gasteiger partial charge in [0.15, 0.2) is 5.82 Å². The number of anilines is 1. The van der Waals surface area contributed by atoms with Crippen molar-refractivity contribution >= 4 is 16.7 Å². The molecule has 23 heavy (non-hydrogen) atoms. The molecule has 2 aromatic heterocycles. The zero-order valence-corrected chi connectivity index (χ0v) is 12.5. The van der Waals surface area contributed by atoms with E-state index in [-0.39, 0.29) is 0 Å². The molecule has 0 aliphatic carbocycles. The molecule has 0 saturated heterocycles. The van der Waals surface area contributed by atoms with Crippen LogP contribution in [0.5, 0.6) is 0 Å². The van der Waals surface area contributed by atoms with Crippen LogP contribution in [0.1, 0.15) is 0 Å². The third-order valence-electron chi connectivity index (χ3n) is 3.23. The van der Waals surface area contributed by atoms with E-state index < -0.39 is 0 Å². The smallest absolute Gasteiger partial charge is 0.162 e. The van der Waals surface area contributed by atoms with E-state index in [0.29, 0.717) is 11.6 Å². The molecule has 4 nitrogen and oxygen atoms in total. The topological polar surface area (TPSA) is 64.7 Å². The van der Waals surface area contributed by atoms with Crippen LogP contribution in [0.3, 0.4) is 0 Å². The number of hydrogen-bond acceptors (Lipinski definition) is 4. The first-order chi connectivity index (χ1) is 11.3. The lowest BCUT2D eigenvalue weighted by Crippen LogP contribution is -1.97. The van der Waals surface area contributed by atoms with Crippen molar-refractivity contribution in [3.63, 3.8) is 0 Å². The molecule has 0 atom stereocenters. The van der Waals surface area contributed by atoms with Gasteiger partial charge in [-0.15, -0.1) is 0 Å². The number of pyridine rings is 1. The zero-order chi connectivity index (χ0) is 15.9. The highest BCUT2D eigenvalue weighted by Crippen LogP contribution is 2.22. The normalized spacial score (nSPS) is 9.91. The highest BCUT2D eigenvalue weighted by molar-refractivity contribution is 5.89. The summed E-state index contributed by atoms with van der Waals surface area (Å²) in [7, 11) is 0. The first-order valence-electron chi connectivity index (χ1n) is 7.27. The van der Waals surface area contributed by atoms with E-state index in [2.05, 4.69) is 15.0 Å². The minimum Gasteiger partial charge on any atom is -0.383 e. The van der Waals surface area contributed by atoms with Gasteiger partial charge < -0.3 is 5.73 Å². The van der Waals surface area contributed by atoms with Crippen LogP contribution in [-0.2, 0) is 0 Å². The average molecular weight is 300 g/mol. The van der Waals surface area contributed by atoms with Gasteiger partial charge in [0.25, 0.3) is 0 Å². The molecule has 4 aromatic rings. The van der Waals surface area contributed by atoms with Crippen molar-refractivity contribution in [1.29, 1.82) is 0 Å². The lowest BCUT2D eigenvalue weighted by molar-refractivity contribution is 1.23. The molecule has 2 heterocycles. The fourth-order valence-corrected chi connectivity index (χ4v) is 2.13. The Kier molecular flexibility index (Phi) is 4.55. The van der Waals surface area contributed by atoms with Crippen molar-refractivity contribution in [2.45, 2.75) is 0 Å². The molecule has 0 bridgehead atoms. The lowest BCUT2D eigenvalue weighted by atomic mass is 10.2. The van der Waals surface area contributed by atoms with Crippen LogP contribution in [0, 0.1) is 0 Å². The molecule has 0 fully saturated rings. The largest absolute Gasteiger partial charge is 0.383 e. The quantitative estimate of drug-likeness (QED) is 0.578. The maximum Gasteiger partial charge on any atom is 0.162 e. The van der Waals surface area contributed by atoms with E-state index in [9.17, 15) is 0 Å². The van der Waals surface area contributed by atoms with Crippen LogP contribution in [0.25, 0.3) is 22.3 Å². The minimum atomic E-state index is 0.523. The summed E-state index contributed by atoms with van der Waals surface area (Å²) < 4.78 is 0. The number of para-hydroxylation sites is 1. The van der Waals surface area contributed by atoms with Gasteiger partial charge in [0.1, 0.15) is 5.82 Å². The summed E-state index contributed by atoms with van der Waals surface area (Å²) >= 11 is 0. The average Bonchev–Trinajstić information content (AvgIpc) is 2.64. The summed E-state index contributed by atoms with van der Waals surface area (Å²) in [6, 6.07) is 23.3. The maximum absolute atomic E-state index is 5.94. The van der Waals surface area contributed by atoms with Crippen molar-refractivity contribution in [3.05, 3.63) is 85.2 Å². The van der Waals surface area contributed by atoms with Crippen LogP contribution >= 0.6 is 0 Å². The van der Waals surface area contributed by atoms with Crippen molar-refractivity contribution in [2.75, 3.05) is 5.73 Å². The second-order valence-electron chi connectivity index (χ2n) is 4.84. The van der Waals surface area contributed by atoms with E-state index in [1.165, 1.54) is 0 Å². The number of rotatable bonds is 1. The molecule has 0 aliphatic rings.